The number of nitrogens with two attached hydrogens (primary N) is 1. The van der Waals surface area contributed by atoms with E-state index in [1.165, 1.54) is 5.56 Å². The predicted octanol–water partition coefficient (Wildman–Crippen LogP) is 3.88. The summed E-state index contributed by atoms with van der Waals surface area (Å²) in [5, 5.41) is 0.743. The van der Waals surface area contributed by atoms with E-state index in [0.29, 0.717) is 6.54 Å². The van der Waals surface area contributed by atoms with E-state index in [9.17, 15) is 0 Å². The molecule has 0 aliphatic rings. The standard InChI is InChI=1S/C17H18ClN3/c1-2-21-16-14(18)4-3-5-15(16)20-17(21)13-8-6-12(7-9-13)10-11-19/h3-9H,2,10-11,19H2,1H3. The van der Waals surface area contributed by atoms with E-state index in [2.05, 4.69) is 35.8 Å². The van der Waals surface area contributed by atoms with Gasteiger partial charge in [-0.05, 0) is 37.6 Å². The van der Waals surface area contributed by atoms with E-state index < -0.39 is 0 Å². The lowest BCUT2D eigenvalue weighted by Crippen LogP contribution is -2.02. The third kappa shape index (κ3) is 2.55. The molecule has 1 heterocycles. The Morgan fingerprint density at radius 2 is 1.90 bits per heavy atom. The van der Waals surface area contributed by atoms with Crippen LogP contribution >= 0.6 is 11.6 Å². The first kappa shape index (κ1) is 14.1. The molecule has 0 saturated heterocycles. The second kappa shape index (κ2) is 5.88. The molecule has 0 aliphatic heterocycles. The fraction of sp³-hybridized carbons (Fsp3) is 0.235. The van der Waals surface area contributed by atoms with Crippen LogP contribution in [0.1, 0.15) is 12.5 Å². The normalized spacial score (nSPS) is 11.2. The van der Waals surface area contributed by atoms with Gasteiger partial charge >= 0.3 is 0 Å². The van der Waals surface area contributed by atoms with Crippen LogP contribution in [0.25, 0.3) is 22.4 Å². The quantitative estimate of drug-likeness (QED) is 0.794. The number of hydrogen-bond donors (Lipinski definition) is 1. The number of benzene rings is 2. The molecule has 0 bridgehead atoms. The van der Waals surface area contributed by atoms with Gasteiger partial charge in [0.25, 0.3) is 0 Å². The van der Waals surface area contributed by atoms with Gasteiger partial charge in [-0.15, -0.1) is 0 Å². The highest BCUT2D eigenvalue weighted by molar-refractivity contribution is 6.35. The summed E-state index contributed by atoms with van der Waals surface area (Å²) < 4.78 is 2.16. The topological polar surface area (TPSA) is 43.8 Å². The zero-order chi connectivity index (χ0) is 14.8. The van der Waals surface area contributed by atoms with E-state index in [-0.39, 0.29) is 0 Å². The molecule has 3 rings (SSSR count). The van der Waals surface area contributed by atoms with Crippen molar-refractivity contribution in [2.45, 2.75) is 19.9 Å². The predicted molar refractivity (Wildman–Crippen MR) is 88.6 cm³/mol. The van der Waals surface area contributed by atoms with Crippen molar-refractivity contribution in [2.75, 3.05) is 6.54 Å². The highest BCUT2D eigenvalue weighted by atomic mass is 35.5. The Labute approximate surface area is 129 Å². The number of fused-ring (bicyclic) bond motifs is 1. The molecule has 3 aromatic rings. The summed E-state index contributed by atoms with van der Waals surface area (Å²) in [6, 6.07) is 14.3. The Balaban J connectivity index is 2.13. The number of aromatic nitrogens is 2. The molecule has 3 nitrogen and oxygen atoms in total. The summed E-state index contributed by atoms with van der Waals surface area (Å²) in [5.74, 6) is 0.958. The van der Waals surface area contributed by atoms with Crippen LogP contribution in [0.3, 0.4) is 0 Å². The summed E-state index contributed by atoms with van der Waals surface area (Å²) >= 11 is 6.33. The molecule has 0 fully saturated rings. The number of nitrogens with zero attached hydrogens (tertiary/aromatic N) is 2. The monoisotopic (exact) mass is 299 g/mol. The van der Waals surface area contributed by atoms with Crippen molar-refractivity contribution in [3.63, 3.8) is 0 Å². The molecule has 108 valence electrons. The van der Waals surface area contributed by atoms with Gasteiger partial charge in [-0.2, -0.15) is 0 Å². The van der Waals surface area contributed by atoms with Crippen molar-refractivity contribution >= 4 is 22.6 Å². The summed E-state index contributed by atoms with van der Waals surface area (Å²) in [6.45, 7) is 3.61. The minimum Gasteiger partial charge on any atom is -0.330 e. The van der Waals surface area contributed by atoms with Gasteiger partial charge in [0, 0.05) is 12.1 Å². The Kier molecular flexibility index (Phi) is 3.95. The van der Waals surface area contributed by atoms with Crippen LogP contribution in [0.15, 0.2) is 42.5 Å². The Morgan fingerprint density at radius 1 is 1.14 bits per heavy atom. The first-order valence-electron chi connectivity index (χ1n) is 7.18. The zero-order valence-corrected chi connectivity index (χ0v) is 12.8. The Hall–Kier alpha value is -1.84. The Morgan fingerprint density at radius 3 is 2.57 bits per heavy atom. The van der Waals surface area contributed by atoms with Crippen molar-refractivity contribution in [1.82, 2.24) is 9.55 Å². The Bertz CT molecular complexity index is 760. The van der Waals surface area contributed by atoms with Crippen LogP contribution in [0.4, 0.5) is 0 Å². The first-order chi connectivity index (χ1) is 10.2. The molecule has 1 aromatic heterocycles. The van der Waals surface area contributed by atoms with E-state index in [4.69, 9.17) is 22.3 Å². The van der Waals surface area contributed by atoms with E-state index in [1.807, 2.05) is 18.2 Å². The van der Waals surface area contributed by atoms with Gasteiger partial charge in [-0.3, -0.25) is 0 Å². The lowest BCUT2D eigenvalue weighted by molar-refractivity contribution is 0.796. The number of rotatable bonds is 4. The van der Waals surface area contributed by atoms with Gasteiger partial charge in [0.2, 0.25) is 0 Å². The van der Waals surface area contributed by atoms with Crippen LogP contribution in [-0.4, -0.2) is 16.1 Å². The van der Waals surface area contributed by atoms with E-state index in [0.717, 1.165) is 40.4 Å². The number of para-hydroxylation sites is 1. The molecule has 0 radical (unpaired) electrons. The SMILES string of the molecule is CCn1c(-c2ccc(CCN)cc2)nc2cccc(Cl)c21. The number of hydrogen-bond acceptors (Lipinski definition) is 2. The van der Waals surface area contributed by atoms with Crippen molar-refractivity contribution in [2.24, 2.45) is 5.73 Å². The largest absolute Gasteiger partial charge is 0.330 e. The lowest BCUT2D eigenvalue weighted by Gasteiger charge is -2.07. The van der Waals surface area contributed by atoms with Crippen LogP contribution < -0.4 is 5.73 Å². The van der Waals surface area contributed by atoms with Crippen molar-refractivity contribution in [3.8, 4) is 11.4 Å². The summed E-state index contributed by atoms with van der Waals surface area (Å²) in [6.07, 6.45) is 0.899. The molecule has 0 unspecified atom stereocenters. The van der Waals surface area contributed by atoms with Crippen molar-refractivity contribution < 1.29 is 0 Å². The van der Waals surface area contributed by atoms with Crippen LogP contribution in [0, 0.1) is 0 Å². The number of aryl methyl sites for hydroxylation is 1. The molecular weight excluding hydrogens is 282 g/mol. The highest BCUT2D eigenvalue weighted by Gasteiger charge is 2.13. The highest BCUT2D eigenvalue weighted by Crippen LogP contribution is 2.29. The van der Waals surface area contributed by atoms with Gasteiger partial charge in [0.1, 0.15) is 5.82 Å². The zero-order valence-electron chi connectivity index (χ0n) is 12.0. The maximum atomic E-state index is 6.33. The van der Waals surface area contributed by atoms with Gasteiger partial charge in [-0.1, -0.05) is 41.9 Å². The second-order valence-electron chi connectivity index (χ2n) is 5.02. The molecule has 2 aromatic carbocycles. The van der Waals surface area contributed by atoms with Crippen LogP contribution in [0.5, 0.6) is 0 Å². The maximum Gasteiger partial charge on any atom is 0.141 e. The average molecular weight is 300 g/mol. The van der Waals surface area contributed by atoms with Gasteiger partial charge in [-0.25, -0.2) is 4.98 Å². The summed E-state index contributed by atoms with van der Waals surface area (Å²) in [4.78, 5) is 4.74. The fourth-order valence-corrected chi connectivity index (χ4v) is 2.93. The van der Waals surface area contributed by atoms with Crippen molar-refractivity contribution in [3.05, 3.63) is 53.1 Å². The smallest absolute Gasteiger partial charge is 0.141 e. The molecule has 0 atom stereocenters. The number of imidazole rings is 1. The number of halogens is 1. The minimum absolute atomic E-state index is 0.669. The van der Waals surface area contributed by atoms with Gasteiger partial charge < -0.3 is 10.3 Å². The van der Waals surface area contributed by atoms with E-state index in [1.54, 1.807) is 0 Å². The van der Waals surface area contributed by atoms with Gasteiger partial charge in [0.15, 0.2) is 0 Å². The molecule has 4 heteroatoms. The second-order valence-corrected chi connectivity index (χ2v) is 5.43. The van der Waals surface area contributed by atoms with Crippen LogP contribution in [0.2, 0.25) is 5.02 Å². The molecule has 0 aliphatic carbocycles. The molecule has 21 heavy (non-hydrogen) atoms. The molecular formula is C17H18ClN3. The van der Waals surface area contributed by atoms with Gasteiger partial charge in [0.05, 0.1) is 16.1 Å². The maximum absolute atomic E-state index is 6.33. The average Bonchev–Trinajstić information content (AvgIpc) is 2.88. The lowest BCUT2D eigenvalue weighted by atomic mass is 10.1. The molecule has 2 N–H and O–H groups in total. The fourth-order valence-electron chi connectivity index (χ4n) is 2.66. The van der Waals surface area contributed by atoms with E-state index >= 15 is 0 Å². The molecule has 0 spiro atoms. The van der Waals surface area contributed by atoms with Crippen LogP contribution in [-0.2, 0) is 13.0 Å². The minimum atomic E-state index is 0.669. The summed E-state index contributed by atoms with van der Waals surface area (Å²) in [5.41, 5.74) is 9.88. The first-order valence-corrected chi connectivity index (χ1v) is 7.56. The third-order valence-electron chi connectivity index (χ3n) is 3.68. The summed E-state index contributed by atoms with van der Waals surface area (Å²) in [7, 11) is 0. The third-order valence-corrected chi connectivity index (χ3v) is 3.98. The molecule has 0 amide bonds. The van der Waals surface area contributed by atoms with Crippen molar-refractivity contribution in [1.29, 1.82) is 0 Å². The molecule has 0 saturated carbocycles.